The first kappa shape index (κ1) is 19.4. The molecule has 5 heteroatoms. The van der Waals surface area contributed by atoms with E-state index in [1.54, 1.807) is 0 Å². The highest BCUT2D eigenvalue weighted by molar-refractivity contribution is 5.90. The number of hydrogen-bond donors (Lipinski definition) is 2. The van der Waals surface area contributed by atoms with Crippen molar-refractivity contribution in [2.24, 2.45) is 5.92 Å². The van der Waals surface area contributed by atoms with Crippen molar-refractivity contribution in [2.75, 3.05) is 11.9 Å². The molecule has 0 radical (unpaired) electrons. The summed E-state index contributed by atoms with van der Waals surface area (Å²) in [7, 11) is 0. The van der Waals surface area contributed by atoms with Gasteiger partial charge in [0.15, 0.2) is 0 Å². The van der Waals surface area contributed by atoms with Crippen LogP contribution >= 0.6 is 0 Å². The van der Waals surface area contributed by atoms with Gasteiger partial charge < -0.3 is 15.4 Å². The van der Waals surface area contributed by atoms with Crippen LogP contribution in [0, 0.1) is 5.92 Å². The fourth-order valence-electron chi connectivity index (χ4n) is 3.18. The van der Waals surface area contributed by atoms with Gasteiger partial charge in [-0.15, -0.1) is 0 Å². The van der Waals surface area contributed by atoms with Crippen LogP contribution in [0.15, 0.2) is 24.3 Å². The monoisotopic (exact) mass is 346 g/mol. The van der Waals surface area contributed by atoms with Gasteiger partial charge in [0.25, 0.3) is 0 Å². The molecule has 1 saturated carbocycles. The van der Waals surface area contributed by atoms with Crippen molar-refractivity contribution in [3.63, 3.8) is 0 Å². The zero-order valence-corrected chi connectivity index (χ0v) is 15.3. The minimum absolute atomic E-state index is 0.0128. The van der Waals surface area contributed by atoms with Gasteiger partial charge in [-0.1, -0.05) is 38.8 Å². The fourth-order valence-corrected chi connectivity index (χ4v) is 3.18. The first-order valence-corrected chi connectivity index (χ1v) is 9.34. The molecule has 2 atom stereocenters. The molecule has 0 aromatic heterocycles. The number of carbonyl (C=O) groups is 2. The van der Waals surface area contributed by atoms with E-state index < -0.39 is 0 Å². The zero-order chi connectivity index (χ0) is 18.1. The van der Waals surface area contributed by atoms with Crippen LogP contribution in [-0.2, 0) is 20.9 Å². The van der Waals surface area contributed by atoms with Gasteiger partial charge >= 0.3 is 0 Å². The van der Waals surface area contributed by atoms with Crippen LogP contribution in [0.25, 0.3) is 0 Å². The van der Waals surface area contributed by atoms with Crippen molar-refractivity contribution in [1.82, 2.24) is 5.32 Å². The van der Waals surface area contributed by atoms with Crippen LogP contribution in [0.5, 0.6) is 0 Å². The highest BCUT2D eigenvalue weighted by atomic mass is 16.5. The lowest BCUT2D eigenvalue weighted by Crippen LogP contribution is -2.31. The van der Waals surface area contributed by atoms with E-state index in [2.05, 4.69) is 17.6 Å². The van der Waals surface area contributed by atoms with Crippen molar-refractivity contribution < 1.29 is 14.3 Å². The summed E-state index contributed by atoms with van der Waals surface area (Å²) in [6.45, 7) is 4.76. The molecule has 2 unspecified atom stereocenters. The quantitative estimate of drug-likeness (QED) is 0.755. The molecule has 0 aliphatic heterocycles. The Morgan fingerprint density at radius 3 is 2.84 bits per heavy atom. The van der Waals surface area contributed by atoms with Gasteiger partial charge in [-0.05, 0) is 42.9 Å². The molecule has 0 heterocycles. The Balaban J connectivity index is 1.72. The summed E-state index contributed by atoms with van der Waals surface area (Å²) >= 11 is 0. The largest absolute Gasteiger partial charge is 0.368 e. The Kier molecular flexibility index (Phi) is 7.92. The van der Waals surface area contributed by atoms with Crippen molar-refractivity contribution in [2.45, 2.75) is 65.0 Å². The maximum absolute atomic E-state index is 12.0. The van der Waals surface area contributed by atoms with E-state index in [-0.39, 0.29) is 24.5 Å². The van der Waals surface area contributed by atoms with Gasteiger partial charge in [0, 0.05) is 18.7 Å². The summed E-state index contributed by atoms with van der Waals surface area (Å²) < 4.78 is 5.74. The molecule has 138 valence electrons. The molecule has 0 spiro atoms. The van der Waals surface area contributed by atoms with Crippen molar-refractivity contribution in [1.29, 1.82) is 0 Å². The van der Waals surface area contributed by atoms with Crippen LogP contribution in [0.2, 0.25) is 0 Å². The third-order valence-corrected chi connectivity index (χ3v) is 4.52. The SMILES string of the molecule is CCCC(=O)Nc1cccc(CNC(=O)COC2CCCC(C)C2)c1. The molecule has 1 aromatic rings. The van der Waals surface area contributed by atoms with Crippen LogP contribution in [-0.4, -0.2) is 24.5 Å². The average Bonchev–Trinajstić information content (AvgIpc) is 2.59. The van der Waals surface area contributed by atoms with Crippen molar-refractivity contribution in [3.8, 4) is 0 Å². The number of hydrogen-bond acceptors (Lipinski definition) is 3. The first-order chi connectivity index (χ1) is 12.1. The first-order valence-electron chi connectivity index (χ1n) is 9.34. The second-order valence-electron chi connectivity index (χ2n) is 6.98. The minimum atomic E-state index is -0.0985. The molecule has 2 amide bonds. The standard InChI is InChI=1S/C20H30N2O3/c1-3-6-19(23)22-17-9-5-8-16(12-17)13-21-20(24)14-25-18-10-4-7-15(2)11-18/h5,8-9,12,15,18H,3-4,6-7,10-11,13-14H2,1-2H3,(H,21,24)(H,22,23). The van der Waals surface area contributed by atoms with Gasteiger partial charge in [0.1, 0.15) is 6.61 Å². The third kappa shape index (κ3) is 7.26. The second-order valence-corrected chi connectivity index (χ2v) is 6.98. The number of carbonyl (C=O) groups excluding carboxylic acids is 2. The molecule has 5 nitrogen and oxygen atoms in total. The number of ether oxygens (including phenoxy) is 1. The zero-order valence-electron chi connectivity index (χ0n) is 15.3. The Morgan fingerprint density at radius 2 is 2.08 bits per heavy atom. The lowest BCUT2D eigenvalue weighted by molar-refractivity contribution is -0.128. The smallest absolute Gasteiger partial charge is 0.246 e. The lowest BCUT2D eigenvalue weighted by Gasteiger charge is -2.26. The molecular formula is C20H30N2O3. The summed E-state index contributed by atoms with van der Waals surface area (Å²) in [4.78, 5) is 23.6. The van der Waals surface area contributed by atoms with Crippen molar-refractivity contribution >= 4 is 17.5 Å². The van der Waals surface area contributed by atoms with Gasteiger partial charge in [0.05, 0.1) is 6.10 Å². The molecule has 1 fully saturated rings. The summed E-state index contributed by atoms with van der Waals surface area (Å²) in [5.41, 5.74) is 1.71. The number of rotatable bonds is 8. The van der Waals surface area contributed by atoms with Crippen LogP contribution in [0.3, 0.4) is 0 Å². The minimum Gasteiger partial charge on any atom is -0.368 e. The van der Waals surface area contributed by atoms with Gasteiger partial charge in [-0.2, -0.15) is 0 Å². The van der Waals surface area contributed by atoms with E-state index in [0.717, 1.165) is 30.5 Å². The van der Waals surface area contributed by atoms with Crippen molar-refractivity contribution in [3.05, 3.63) is 29.8 Å². The van der Waals surface area contributed by atoms with E-state index in [1.165, 1.54) is 12.8 Å². The summed E-state index contributed by atoms with van der Waals surface area (Å²) in [5, 5.41) is 5.75. The van der Waals surface area contributed by atoms with E-state index >= 15 is 0 Å². The molecule has 0 bridgehead atoms. The Bertz CT molecular complexity index is 574. The number of anilines is 1. The molecular weight excluding hydrogens is 316 g/mol. The molecule has 1 aliphatic carbocycles. The molecule has 0 saturated heterocycles. The van der Waals surface area contributed by atoms with Crippen LogP contribution in [0.1, 0.15) is 57.9 Å². The summed E-state index contributed by atoms with van der Waals surface area (Å²) in [5.74, 6) is 0.602. The number of amides is 2. The van der Waals surface area contributed by atoms with E-state index in [9.17, 15) is 9.59 Å². The van der Waals surface area contributed by atoms with Crippen LogP contribution < -0.4 is 10.6 Å². The van der Waals surface area contributed by atoms with Gasteiger partial charge in [-0.25, -0.2) is 0 Å². The topological polar surface area (TPSA) is 67.4 Å². The Hall–Kier alpha value is -1.88. The van der Waals surface area contributed by atoms with E-state index in [0.29, 0.717) is 18.9 Å². The predicted molar refractivity (Wildman–Crippen MR) is 99.2 cm³/mol. The lowest BCUT2D eigenvalue weighted by atomic mass is 9.89. The van der Waals surface area contributed by atoms with Gasteiger partial charge in [-0.3, -0.25) is 9.59 Å². The van der Waals surface area contributed by atoms with E-state index in [1.807, 2.05) is 31.2 Å². The Labute approximate surface area is 150 Å². The average molecular weight is 346 g/mol. The Morgan fingerprint density at radius 1 is 1.24 bits per heavy atom. The number of nitrogens with one attached hydrogen (secondary N) is 2. The molecule has 2 rings (SSSR count). The predicted octanol–water partition coefficient (Wildman–Crippen LogP) is 3.64. The summed E-state index contributed by atoms with van der Waals surface area (Å²) in [6, 6.07) is 7.55. The normalized spacial score (nSPS) is 20.1. The van der Waals surface area contributed by atoms with E-state index in [4.69, 9.17) is 4.74 Å². The highest BCUT2D eigenvalue weighted by Crippen LogP contribution is 2.25. The second kappa shape index (κ2) is 10.2. The maximum atomic E-state index is 12.0. The molecule has 1 aromatic carbocycles. The maximum Gasteiger partial charge on any atom is 0.246 e. The molecule has 25 heavy (non-hydrogen) atoms. The molecule has 1 aliphatic rings. The van der Waals surface area contributed by atoms with Crippen LogP contribution in [0.4, 0.5) is 5.69 Å². The van der Waals surface area contributed by atoms with Gasteiger partial charge in [0.2, 0.25) is 11.8 Å². The third-order valence-electron chi connectivity index (χ3n) is 4.52. The fraction of sp³-hybridized carbons (Fsp3) is 0.600. The number of benzene rings is 1. The highest BCUT2D eigenvalue weighted by Gasteiger charge is 2.20. The molecule has 2 N–H and O–H groups in total. The summed E-state index contributed by atoms with van der Waals surface area (Å²) in [6.07, 6.45) is 6.09.